The molecule has 0 aromatic heterocycles. The van der Waals surface area contributed by atoms with E-state index in [2.05, 4.69) is 0 Å². The number of rotatable bonds is 24. The predicted octanol–water partition coefficient (Wildman–Crippen LogP) is 3.96. The molecule has 0 aliphatic rings. The third kappa shape index (κ3) is 13.7. The fourth-order valence-corrected chi connectivity index (χ4v) is 20.3. The van der Waals surface area contributed by atoms with E-state index < -0.39 is 26.9 Å². The van der Waals surface area contributed by atoms with Gasteiger partial charge in [0.1, 0.15) is 0 Å². The molecule has 16 heteroatoms. The standard InChI is InChI=1S/C17H42O9S4Si3/c1-9-25-31(26-14-11-13-18-2)15-10-12-17(33(22-6,23-7)24-8)28-30-29-27-16-32(19-3,20-4)21-5/h17,31H,9-16H2,1-8H3. The molecule has 2 atom stereocenters. The second-order valence-electron chi connectivity index (χ2n) is 6.53. The maximum atomic E-state index is 6.01. The van der Waals surface area contributed by atoms with Crippen LogP contribution in [-0.4, -0.2) is 107 Å². The van der Waals surface area contributed by atoms with Gasteiger partial charge in [-0.2, -0.15) is 0 Å². The van der Waals surface area contributed by atoms with E-state index in [4.69, 9.17) is 40.1 Å². The first-order chi connectivity index (χ1) is 16.0. The summed E-state index contributed by atoms with van der Waals surface area (Å²) in [4.78, 5) is 0.0784. The molecular weight excluding hydrogens is 561 g/mol. The molecular formula is C17H42O9S4Si3. The number of hydrogen-bond donors (Lipinski definition) is 0. The summed E-state index contributed by atoms with van der Waals surface area (Å²) in [5, 5.41) is 0.656. The van der Waals surface area contributed by atoms with Crippen LogP contribution in [0.1, 0.15) is 26.2 Å². The van der Waals surface area contributed by atoms with Gasteiger partial charge in [0.05, 0.1) is 10.2 Å². The molecule has 0 rings (SSSR count). The lowest BCUT2D eigenvalue weighted by Crippen LogP contribution is -2.52. The third-order valence-electron chi connectivity index (χ3n) is 4.70. The van der Waals surface area contributed by atoms with E-state index in [0.29, 0.717) is 25.2 Å². The lowest BCUT2D eigenvalue weighted by molar-refractivity contribution is 0.120. The zero-order valence-electron chi connectivity index (χ0n) is 21.1. The van der Waals surface area contributed by atoms with E-state index >= 15 is 0 Å². The van der Waals surface area contributed by atoms with Gasteiger partial charge in [0, 0.05) is 69.6 Å². The monoisotopic (exact) mass is 602 g/mol. The fourth-order valence-electron chi connectivity index (χ4n) is 2.82. The maximum absolute atomic E-state index is 6.01. The van der Waals surface area contributed by atoms with E-state index in [1.165, 1.54) is 0 Å². The van der Waals surface area contributed by atoms with Gasteiger partial charge in [0.15, 0.2) is 0 Å². The van der Waals surface area contributed by atoms with Crippen LogP contribution in [0.15, 0.2) is 0 Å². The van der Waals surface area contributed by atoms with Crippen LogP contribution in [0.5, 0.6) is 0 Å². The number of ether oxygens (including phenoxy) is 1. The van der Waals surface area contributed by atoms with Crippen molar-refractivity contribution < 1.29 is 40.1 Å². The Balaban J connectivity index is 4.78. The Morgan fingerprint density at radius 1 is 0.758 bits per heavy atom. The van der Waals surface area contributed by atoms with Crippen LogP contribution in [0.2, 0.25) is 6.04 Å². The predicted molar refractivity (Wildman–Crippen MR) is 148 cm³/mol. The second kappa shape index (κ2) is 21.7. The van der Waals surface area contributed by atoms with Crippen LogP contribution in [-0.2, 0) is 40.1 Å². The smallest absolute Gasteiger partial charge is 0.397 e. The second-order valence-corrected chi connectivity index (χ2v) is 21.7. The average molecular weight is 603 g/mol. The molecule has 0 heterocycles. The van der Waals surface area contributed by atoms with Gasteiger partial charge in [-0.15, -0.1) is 0 Å². The van der Waals surface area contributed by atoms with Crippen LogP contribution in [0.25, 0.3) is 0 Å². The van der Waals surface area contributed by atoms with Gasteiger partial charge in [-0.1, -0.05) is 28.0 Å². The molecule has 0 aliphatic carbocycles. The van der Waals surface area contributed by atoms with E-state index in [1.54, 1.807) is 91.0 Å². The highest BCUT2D eigenvalue weighted by Gasteiger charge is 2.48. The van der Waals surface area contributed by atoms with Crippen LogP contribution < -0.4 is 0 Å². The van der Waals surface area contributed by atoms with Gasteiger partial charge >= 0.3 is 26.9 Å². The Labute approximate surface area is 219 Å². The van der Waals surface area contributed by atoms with Crippen LogP contribution in [0.3, 0.4) is 0 Å². The van der Waals surface area contributed by atoms with Gasteiger partial charge in [-0.25, -0.2) is 0 Å². The molecule has 0 bridgehead atoms. The molecule has 0 aromatic rings. The maximum Gasteiger partial charge on any atom is 0.514 e. The Kier molecular flexibility index (Phi) is 22.9. The summed E-state index contributed by atoms with van der Waals surface area (Å²) in [5.74, 6) is 0. The van der Waals surface area contributed by atoms with Crippen molar-refractivity contribution in [2.45, 2.75) is 37.1 Å². The minimum absolute atomic E-state index is 0.0784. The quantitative estimate of drug-likeness (QED) is 0.0909. The van der Waals surface area contributed by atoms with E-state index in [1.807, 2.05) is 6.92 Å². The topological polar surface area (TPSA) is 83.1 Å². The number of hydrogen-bond acceptors (Lipinski definition) is 13. The largest absolute Gasteiger partial charge is 0.514 e. The lowest BCUT2D eigenvalue weighted by atomic mass is 10.4. The Morgan fingerprint density at radius 3 is 1.91 bits per heavy atom. The molecule has 0 spiro atoms. The van der Waals surface area contributed by atoms with Crippen LogP contribution in [0, 0.1) is 0 Å². The molecule has 0 fully saturated rings. The minimum atomic E-state index is -2.82. The van der Waals surface area contributed by atoms with Crippen LogP contribution >= 0.6 is 41.2 Å². The third-order valence-corrected chi connectivity index (χ3v) is 21.9. The zero-order chi connectivity index (χ0) is 25.0. The van der Waals surface area contributed by atoms with E-state index in [9.17, 15) is 0 Å². The van der Waals surface area contributed by atoms with Crippen molar-refractivity contribution >= 4 is 68.1 Å². The van der Waals surface area contributed by atoms with Crippen molar-refractivity contribution in [2.24, 2.45) is 0 Å². The first kappa shape index (κ1) is 34.7. The summed E-state index contributed by atoms with van der Waals surface area (Å²) < 4.78 is 50.8. The molecule has 0 saturated carbocycles. The summed E-state index contributed by atoms with van der Waals surface area (Å²) in [5.41, 5.74) is 0. The first-order valence-corrected chi connectivity index (χ1v) is 21.2. The molecule has 0 aromatic carbocycles. The van der Waals surface area contributed by atoms with Gasteiger partial charge in [-0.05, 0) is 45.5 Å². The SMILES string of the molecule is CCO[SiH](CCCC(SSSSC[Si](OC)(OC)OC)[Si](OC)(OC)OC)OCCCOC. The molecule has 0 amide bonds. The summed E-state index contributed by atoms with van der Waals surface area (Å²) in [6, 6.07) is 0.926. The molecule has 0 saturated heterocycles. The van der Waals surface area contributed by atoms with E-state index in [0.717, 1.165) is 25.3 Å². The molecule has 0 N–H and O–H groups in total. The van der Waals surface area contributed by atoms with Crippen molar-refractivity contribution in [1.29, 1.82) is 0 Å². The van der Waals surface area contributed by atoms with Gasteiger partial charge in [0.2, 0.25) is 0 Å². The highest BCUT2D eigenvalue weighted by atomic mass is 33.7. The highest BCUT2D eigenvalue weighted by molar-refractivity contribution is 9.26. The summed E-state index contributed by atoms with van der Waals surface area (Å²) >= 11 is 0. The molecule has 33 heavy (non-hydrogen) atoms. The molecule has 200 valence electrons. The summed E-state index contributed by atoms with van der Waals surface area (Å²) in [7, 11) is 11.1. The summed E-state index contributed by atoms with van der Waals surface area (Å²) in [6.45, 7) is 4.06. The van der Waals surface area contributed by atoms with Crippen molar-refractivity contribution in [3.63, 3.8) is 0 Å². The molecule has 0 aliphatic heterocycles. The van der Waals surface area contributed by atoms with Gasteiger partial charge < -0.3 is 40.1 Å². The van der Waals surface area contributed by atoms with Crippen molar-refractivity contribution in [1.82, 2.24) is 0 Å². The van der Waals surface area contributed by atoms with Gasteiger partial charge in [-0.3, -0.25) is 0 Å². The summed E-state index contributed by atoms with van der Waals surface area (Å²) in [6.07, 6.45) is 2.72. The average Bonchev–Trinajstić information content (AvgIpc) is 2.85. The first-order valence-electron chi connectivity index (χ1n) is 10.6. The molecule has 0 radical (unpaired) electrons. The van der Waals surface area contributed by atoms with E-state index in [-0.39, 0.29) is 4.87 Å². The molecule has 9 nitrogen and oxygen atoms in total. The Morgan fingerprint density at radius 2 is 1.39 bits per heavy atom. The molecule has 2 unspecified atom stereocenters. The number of methoxy groups -OCH3 is 1. The zero-order valence-corrected chi connectivity index (χ0v) is 27.5. The fraction of sp³-hybridized carbons (Fsp3) is 1.00. The highest BCUT2D eigenvalue weighted by Crippen LogP contribution is 2.48. The van der Waals surface area contributed by atoms with Crippen LogP contribution in [0.4, 0.5) is 0 Å². The lowest BCUT2D eigenvalue weighted by Gasteiger charge is -2.31. The minimum Gasteiger partial charge on any atom is -0.397 e. The van der Waals surface area contributed by atoms with Crippen molar-refractivity contribution in [3.05, 3.63) is 0 Å². The Hall–Kier alpha value is 1.69. The normalized spacial score (nSPS) is 14.5. The van der Waals surface area contributed by atoms with Crippen molar-refractivity contribution in [2.75, 3.05) is 75.0 Å². The van der Waals surface area contributed by atoms with Gasteiger partial charge in [0.25, 0.3) is 0 Å². The van der Waals surface area contributed by atoms with Crippen molar-refractivity contribution in [3.8, 4) is 0 Å². The Bertz CT molecular complexity index is 439.